The SMILES string of the molecule is CCCS(=O)(=O)Nc1ccc(F)c(C(=O)Cc2cnc3n[nH]c(-c4cccc(OCC5COC(C)(C)O5)c4)c3c2)c1F. The number of nitrogens with zero attached hydrogens (tertiary/aromatic N) is 2. The number of carbonyl (C=O) groups excluding carboxylic acids is 1. The smallest absolute Gasteiger partial charge is 0.232 e. The summed E-state index contributed by atoms with van der Waals surface area (Å²) in [4.78, 5) is 17.3. The van der Waals surface area contributed by atoms with Crippen LogP contribution < -0.4 is 9.46 Å². The van der Waals surface area contributed by atoms with Gasteiger partial charge in [0, 0.05) is 23.6 Å². The van der Waals surface area contributed by atoms with Crippen molar-refractivity contribution < 1.29 is 36.2 Å². The van der Waals surface area contributed by atoms with Crippen LogP contribution in [0.4, 0.5) is 14.5 Å². The van der Waals surface area contributed by atoms with Crippen molar-refractivity contribution in [3.8, 4) is 17.0 Å². The van der Waals surface area contributed by atoms with Crippen molar-refractivity contribution >= 4 is 32.5 Å². The van der Waals surface area contributed by atoms with E-state index >= 15 is 4.39 Å². The molecule has 42 heavy (non-hydrogen) atoms. The summed E-state index contributed by atoms with van der Waals surface area (Å²) < 4.78 is 73.3. The van der Waals surface area contributed by atoms with E-state index in [1.165, 1.54) is 6.20 Å². The fourth-order valence-corrected chi connectivity index (χ4v) is 5.82. The Kier molecular flexibility index (Phi) is 8.26. The Labute approximate surface area is 241 Å². The molecular formula is C29H30F2N4O6S. The third kappa shape index (κ3) is 6.58. The molecule has 222 valence electrons. The van der Waals surface area contributed by atoms with Crippen molar-refractivity contribution in [2.24, 2.45) is 0 Å². The van der Waals surface area contributed by atoms with Crippen LogP contribution in [-0.2, 0) is 25.9 Å². The summed E-state index contributed by atoms with van der Waals surface area (Å²) in [6.45, 7) is 6.07. The topological polar surface area (TPSA) is 132 Å². The molecule has 2 aromatic carbocycles. The molecule has 13 heteroatoms. The summed E-state index contributed by atoms with van der Waals surface area (Å²) in [5, 5.41) is 7.78. The first-order valence-electron chi connectivity index (χ1n) is 13.3. The van der Waals surface area contributed by atoms with Crippen LogP contribution in [0.25, 0.3) is 22.3 Å². The van der Waals surface area contributed by atoms with Crippen molar-refractivity contribution in [1.29, 1.82) is 0 Å². The van der Waals surface area contributed by atoms with Crippen molar-refractivity contribution in [1.82, 2.24) is 15.2 Å². The Hall–Kier alpha value is -3.94. The number of nitrogens with one attached hydrogen (secondary N) is 2. The minimum Gasteiger partial charge on any atom is -0.491 e. The molecule has 1 unspecified atom stereocenters. The highest BCUT2D eigenvalue weighted by molar-refractivity contribution is 7.92. The fraction of sp³-hybridized carbons (Fsp3) is 0.345. The number of H-pyrrole nitrogens is 1. The van der Waals surface area contributed by atoms with E-state index in [0.29, 0.717) is 47.7 Å². The van der Waals surface area contributed by atoms with Crippen LogP contribution in [0.5, 0.6) is 5.75 Å². The summed E-state index contributed by atoms with van der Waals surface area (Å²) in [6, 6.07) is 10.8. The van der Waals surface area contributed by atoms with Gasteiger partial charge in [0.25, 0.3) is 0 Å². The monoisotopic (exact) mass is 600 g/mol. The molecule has 0 radical (unpaired) electrons. The van der Waals surface area contributed by atoms with Crippen molar-refractivity contribution in [3.05, 3.63) is 71.4 Å². The number of aromatic nitrogens is 3. The number of benzene rings is 2. The Bertz CT molecular complexity index is 1740. The number of aromatic amines is 1. The van der Waals surface area contributed by atoms with Crippen molar-refractivity contribution in [3.63, 3.8) is 0 Å². The average molecular weight is 601 g/mol. The second-order valence-electron chi connectivity index (χ2n) is 10.4. The summed E-state index contributed by atoms with van der Waals surface area (Å²) in [6.07, 6.45) is 1.12. The van der Waals surface area contributed by atoms with Gasteiger partial charge in [0.2, 0.25) is 10.0 Å². The third-order valence-corrected chi connectivity index (χ3v) is 8.04. The number of ketones is 1. The normalized spacial score (nSPS) is 16.5. The van der Waals surface area contributed by atoms with Gasteiger partial charge in [-0.15, -0.1) is 0 Å². The molecule has 2 aromatic heterocycles. The number of fused-ring (bicyclic) bond motifs is 1. The first-order chi connectivity index (χ1) is 19.9. The first kappa shape index (κ1) is 29.5. The van der Waals surface area contributed by atoms with Crippen LogP contribution >= 0.6 is 0 Å². The Morgan fingerprint density at radius 2 is 2.02 bits per heavy atom. The Balaban J connectivity index is 1.36. The van der Waals surface area contributed by atoms with Gasteiger partial charge < -0.3 is 14.2 Å². The maximum atomic E-state index is 15.1. The number of sulfonamides is 1. The van der Waals surface area contributed by atoms with Gasteiger partial charge in [-0.3, -0.25) is 14.6 Å². The molecule has 0 saturated carbocycles. The van der Waals surface area contributed by atoms with Crippen LogP contribution in [0, 0.1) is 11.6 Å². The van der Waals surface area contributed by atoms with E-state index in [9.17, 15) is 17.6 Å². The second-order valence-corrected chi connectivity index (χ2v) is 12.2. The number of anilines is 1. The molecule has 3 heterocycles. The predicted molar refractivity (Wildman–Crippen MR) is 152 cm³/mol. The zero-order valence-corrected chi connectivity index (χ0v) is 24.1. The van der Waals surface area contributed by atoms with Gasteiger partial charge in [0.1, 0.15) is 24.3 Å². The number of hydrogen-bond donors (Lipinski definition) is 2. The third-order valence-electron chi connectivity index (χ3n) is 6.57. The number of Topliss-reactive ketones (excluding diaryl/α,β-unsaturated/α-hetero) is 1. The molecule has 0 spiro atoms. The fourth-order valence-electron chi connectivity index (χ4n) is 4.68. The predicted octanol–water partition coefficient (Wildman–Crippen LogP) is 5.01. The molecule has 1 fully saturated rings. The van der Waals surface area contributed by atoms with Crippen molar-refractivity contribution in [2.75, 3.05) is 23.7 Å². The summed E-state index contributed by atoms with van der Waals surface area (Å²) in [7, 11) is -3.85. The largest absolute Gasteiger partial charge is 0.491 e. The molecule has 0 aliphatic carbocycles. The number of carbonyl (C=O) groups is 1. The molecule has 10 nitrogen and oxygen atoms in total. The number of ether oxygens (including phenoxy) is 3. The summed E-state index contributed by atoms with van der Waals surface area (Å²) in [5.74, 6) is -3.53. The summed E-state index contributed by atoms with van der Waals surface area (Å²) in [5.41, 5.74) is 0.813. The Morgan fingerprint density at radius 3 is 2.76 bits per heavy atom. The van der Waals surface area contributed by atoms with E-state index < -0.39 is 44.5 Å². The lowest BCUT2D eigenvalue weighted by atomic mass is 10.0. The zero-order chi connectivity index (χ0) is 30.1. The summed E-state index contributed by atoms with van der Waals surface area (Å²) >= 11 is 0. The highest BCUT2D eigenvalue weighted by atomic mass is 32.2. The van der Waals surface area contributed by atoms with Gasteiger partial charge >= 0.3 is 0 Å². The number of pyridine rings is 1. The molecule has 1 aliphatic heterocycles. The number of rotatable bonds is 11. The Morgan fingerprint density at radius 1 is 1.21 bits per heavy atom. The number of hydrogen-bond acceptors (Lipinski definition) is 8. The van der Waals surface area contributed by atoms with E-state index in [1.54, 1.807) is 13.0 Å². The molecule has 4 aromatic rings. The van der Waals surface area contributed by atoms with Crippen LogP contribution in [0.15, 0.2) is 48.7 Å². The molecular weight excluding hydrogens is 570 g/mol. The highest BCUT2D eigenvalue weighted by Crippen LogP contribution is 2.30. The van der Waals surface area contributed by atoms with Crippen LogP contribution in [0.3, 0.4) is 0 Å². The molecule has 2 N–H and O–H groups in total. The molecule has 1 saturated heterocycles. The van der Waals surface area contributed by atoms with Gasteiger partial charge in [-0.1, -0.05) is 19.1 Å². The quantitative estimate of drug-likeness (QED) is 0.230. The van der Waals surface area contributed by atoms with Crippen LogP contribution in [-0.4, -0.2) is 60.2 Å². The van der Waals surface area contributed by atoms with Gasteiger partial charge in [0.15, 0.2) is 23.0 Å². The average Bonchev–Trinajstić information content (AvgIpc) is 3.51. The standard InChI is InChI=1S/C29H30F2N4O6S/c1-4-10-42(37,38)35-23-9-8-22(30)25(26(23)31)24(36)12-17-11-21-27(33-34-28(21)32-14-17)18-6-5-7-19(13-18)39-15-20-16-40-29(2,3)41-20/h5-9,11,13-14,20,35H,4,10,12,15-16H2,1-3H3,(H,32,33,34). The van der Waals surface area contributed by atoms with E-state index in [2.05, 4.69) is 19.9 Å². The second kappa shape index (κ2) is 11.7. The molecule has 0 amide bonds. The molecule has 0 bridgehead atoms. The first-order valence-corrected chi connectivity index (χ1v) is 15.0. The lowest BCUT2D eigenvalue weighted by molar-refractivity contribution is -0.141. The molecule has 5 rings (SSSR count). The van der Waals surface area contributed by atoms with E-state index in [4.69, 9.17) is 14.2 Å². The van der Waals surface area contributed by atoms with Gasteiger partial charge in [-0.05, 0) is 56.2 Å². The van der Waals surface area contributed by atoms with E-state index in [-0.39, 0.29) is 18.3 Å². The maximum absolute atomic E-state index is 15.1. The highest BCUT2D eigenvalue weighted by Gasteiger charge is 2.33. The van der Waals surface area contributed by atoms with Gasteiger partial charge in [-0.25, -0.2) is 22.2 Å². The minimum atomic E-state index is -3.85. The number of halogens is 2. The molecule has 1 aliphatic rings. The van der Waals surface area contributed by atoms with Crippen molar-refractivity contribution in [2.45, 2.75) is 45.5 Å². The van der Waals surface area contributed by atoms with E-state index in [0.717, 1.165) is 17.7 Å². The maximum Gasteiger partial charge on any atom is 0.232 e. The van der Waals surface area contributed by atoms with Crippen LogP contribution in [0.1, 0.15) is 43.1 Å². The van der Waals surface area contributed by atoms with Gasteiger partial charge in [0.05, 0.1) is 29.3 Å². The van der Waals surface area contributed by atoms with E-state index in [1.807, 2.05) is 38.1 Å². The zero-order valence-electron chi connectivity index (χ0n) is 23.2. The lowest BCUT2D eigenvalue weighted by Crippen LogP contribution is -2.25. The minimum absolute atomic E-state index is 0.201. The van der Waals surface area contributed by atoms with Gasteiger partial charge in [-0.2, -0.15) is 5.10 Å². The molecule has 1 atom stereocenters. The van der Waals surface area contributed by atoms with Crippen LogP contribution in [0.2, 0.25) is 0 Å². The lowest BCUT2D eigenvalue weighted by Gasteiger charge is -2.17.